The van der Waals surface area contributed by atoms with Crippen molar-refractivity contribution in [3.8, 4) is 11.1 Å². The summed E-state index contributed by atoms with van der Waals surface area (Å²) in [5, 5.41) is 19.9. The highest BCUT2D eigenvalue weighted by Crippen LogP contribution is 2.44. The minimum atomic E-state index is -0.978. The predicted octanol–water partition coefficient (Wildman–Crippen LogP) is 4.64. The van der Waals surface area contributed by atoms with Gasteiger partial charge in [0.2, 0.25) is 11.8 Å². The molecule has 0 heterocycles. The lowest BCUT2D eigenvalue weighted by Crippen LogP contribution is -2.54. The van der Waals surface area contributed by atoms with Crippen molar-refractivity contribution in [1.29, 1.82) is 0 Å². The largest absolute Gasteiger partial charge is 0.449 e. The molecule has 2 atom stereocenters. The van der Waals surface area contributed by atoms with E-state index in [0.717, 1.165) is 22.3 Å². The van der Waals surface area contributed by atoms with Crippen LogP contribution in [0.1, 0.15) is 63.1 Å². The first-order chi connectivity index (χ1) is 22.2. The van der Waals surface area contributed by atoms with Gasteiger partial charge in [-0.25, -0.2) is 9.59 Å². The number of nitrogens with two attached hydrogens (primary N) is 1. The number of benzene rings is 3. The van der Waals surface area contributed by atoms with E-state index in [9.17, 15) is 24.3 Å². The number of ether oxygens (including phenoxy) is 1. The van der Waals surface area contributed by atoms with Crippen LogP contribution in [0.3, 0.4) is 0 Å². The van der Waals surface area contributed by atoms with Gasteiger partial charge in [-0.05, 0) is 58.7 Å². The first-order valence-corrected chi connectivity index (χ1v) is 15.6. The molecule has 0 fully saturated rings. The number of amides is 5. The molecule has 3 aromatic rings. The van der Waals surface area contributed by atoms with Crippen LogP contribution in [0.5, 0.6) is 0 Å². The average Bonchev–Trinajstić information content (AvgIpc) is 3.38. The molecule has 7 N–H and O–H groups in total. The summed E-state index contributed by atoms with van der Waals surface area (Å²) >= 11 is 0. The number of aliphatic hydroxyl groups is 1. The smallest absolute Gasteiger partial charge is 0.407 e. The Morgan fingerprint density at radius 2 is 1.43 bits per heavy atom. The van der Waals surface area contributed by atoms with Crippen LogP contribution in [0, 0.1) is 5.92 Å². The Bertz CT molecular complexity index is 1430. The van der Waals surface area contributed by atoms with Gasteiger partial charge >= 0.3 is 12.1 Å². The summed E-state index contributed by atoms with van der Waals surface area (Å²) in [5.41, 5.74) is 10.7. The molecule has 11 nitrogen and oxygen atoms in total. The Hall–Kier alpha value is -4.90. The van der Waals surface area contributed by atoms with Crippen LogP contribution in [-0.2, 0) is 20.9 Å². The normalized spacial score (nSPS) is 12.8. The molecule has 4 rings (SSSR count). The molecule has 0 unspecified atom stereocenters. The van der Waals surface area contributed by atoms with Gasteiger partial charge in [-0.1, -0.05) is 88.4 Å². The second-order valence-electron chi connectivity index (χ2n) is 11.0. The molecule has 246 valence electrons. The fourth-order valence-electron chi connectivity index (χ4n) is 5.27. The molecule has 3 aromatic carbocycles. The van der Waals surface area contributed by atoms with Crippen molar-refractivity contribution in [1.82, 2.24) is 16.0 Å². The highest BCUT2D eigenvalue weighted by molar-refractivity contribution is 5.98. The van der Waals surface area contributed by atoms with E-state index in [0.29, 0.717) is 17.7 Å². The van der Waals surface area contributed by atoms with Gasteiger partial charge in [0, 0.05) is 18.2 Å². The van der Waals surface area contributed by atoms with E-state index in [1.807, 2.05) is 62.4 Å². The van der Waals surface area contributed by atoms with Crippen molar-refractivity contribution >= 4 is 29.6 Å². The Balaban J connectivity index is 0.00000282. The number of fused-ring (bicyclic) bond motifs is 3. The van der Waals surface area contributed by atoms with E-state index in [1.54, 1.807) is 38.1 Å². The lowest BCUT2D eigenvalue weighted by atomic mass is 9.98. The number of hydrogen-bond acceptors (Lipinski definition) is 6. The average molecular weight is 632 g/mol. The zero-order chi connectivity index (χ0) is 33.6. The van der Waals surface area contributed by atoms with Gasteiger partial charge in [0.25, 0.3) is 0 Å². The molecule has 0 saturated carbocycles. The number of aliphatic hydroxyl groups excluding tert-OH is 1. The Labute approximate surface area is 270 Å². The molecule has 0 spiro atoms. The van der Waals surface area contributed by atoms with E-state index >= 15 is 0 Å². The summed E-state index contributed by atoms with van der Waals surface area (Å²) in [6, 6.07) is 20.0. The SMILES string of the molecule is CC.CC(C)[C@H](NC(=O)OCC1c2ccccc2-c2ccccc21)C(=O)N[C@@H](CCCNC(N)=O)C(=O)Nc1ccc(CO)cc1. The van der Waals surface area contributed by atoms with Crippen LogP contribution < -0.4 is 27.0 Å². The standard InChI is InChI=1S/C33H39N5O6.C2H6/c1-20(2)29(38-33(43)44-19-27-25-10-5-3-8-23(25)24-9-4-6-11-26(24)27)31(41)37-28(12-7-17-35-32(34)42)30(40)36-22-15-13-21(18-39)14-16-22;1-2/h3-6,8-11,13-16,20,27-29,39H,7,12,17-19H2,1-2H3,(H,36,40)(H,37,41)(H,38,43)(H3,34,35,42);1-2H3/t28-,29-;/m0./s1. The van der Waals surface area contributed by atoms with Crippen LogP contribution in [0.4, 0.5) is 15.3 Å². The number of carbonyl (C=O) groups is 4. The molecular formula is C35H45N5O6. The molecule has 0 bridgehead atoms. The quantitative estimate of drug-likeness (QED) is 0.150. The zero-order valence-corrected chi connectivity index (χ0v) is 26.8. The summed E-state index contributed by atoms with van der Waals surface area (Å²) in [5.74, 6) is -1.47. The van der Waals surface area contributed by atoms with Gasteiger partial charge in [0.05, 0.1) is 6.61 Å². The molecule has 1 aliphatic rings. The zero-order valence-electron chi connectivity index (χ0n) is 26.8. The van der Waals surface area contributed by atoms with Crippen LogP contribution in [0.25, 0.3) is 11.1 Å². The monoisotopic (exact) mass is 631 g/mol. The van der Waals surface area contributed by atoms with Crippen LogP contribution in [0.2, 0.25) is 0 Å². The van der Waals surface area contributed by atoms with Crippen molar-refractivity contribution in [3.05, 3.63) is 89.5 Å². The summed E-state index contributed by atoms with van der Waals surface area (Å²) in [4.78, 5) is 50.7. The van der Waals surface area contributed by atoms with Gasteiger partial charge in [-0.3, -0.25) is 9.59 Å². The number of nitrogens with one attached hydrogen (secondary N) is 4. The molecule has 0 saturated heterocycles. The van der Waals surface area contributed by atoms with E-state index in [1.165, 1.54) is 0 Å². The van der Waals surface area contributed by atoms with Crippen molar-refractivity contribution in [2.24, 2.45) is 11.7 Å². The van der Waals surface area contributed by atoms with Crippen molar-refractivity contribution < 1.29 is 29.0 Å². The van der Waals surface area contributed by atoms with Crippen LogP contribution in [0.15, 0.2) is 72.8 Å². The third-order valence-electron chi connectivity index (χ3n) is 7.57. The molecule has 0 aliphatic heterocycles. The minimum Gasteiger partial charge on any atom is -0.449 e. The lowest BCUT2D eigenvalue weighted by molar-refractivity contribution is -0.128. The molecule has 1 aliphatic carbocycles. The van der Waals surface area contributed by atoms with E-state index in [2.05, 4.69) is 21.3 Å². The number of rotatable bonds is 13. The Morgan fingerprint density at radius 1 is 0.848 bits per heavy atom. The number of primary amides is 1. The van der Waals surface area contributed by atoms with Crippen LogP contribution in [-0.4, -0.2) is 54.3 Å². The Kier molecular flexibility index (Phi) is 13.6. The van der Waals surface area contributed by atoms with Gasteiger partial charge in [0.15, 0.2) is 0 Å². The summed E-state index contributed by atoms with van der Waals surface area (Å²) in [6.45, 7) is 7.74. The van der Waals surface area contributed by atoms with Crippen molar-refractivity contribution in [3.63, 3.8) is 0 Å². The molecule has 0 radical (unpaired) electrons. The molecule has 46 heavy (non-hydrogen) atoms. The summed E-state index contributed by atoms with van der Waals surface area (Å²) < 4.78 is 5.64. The first-order valence-electron chi connectivity index (χ1n) is 15.6. The fraction of sp³-hybridized carbons (Fsp3) is 0.371. The third-order valence-corrected chi connectivity index (χ3v) is 7.57. The highest BCUT2D eigenvalue weighted by Gasteiger charge is 2.32. The van der Waals surface area contributed by atoms with Gasteiger partial charge in [0.1, 0.15) is 18.7 Å². The fourth-order valence-corrected chi connectivity index (χ4v) is 5.27. The number of urea groups is 1. The molecule has 0 aromatic heterocycles. The van der Waals surface area contributed by atoms with Crippen LogP contribution >= 0.6 is 0 Å². The number of hydrogen-bond donors (Lipinski definition) is 6. The summed E-state index contributed by atoms with van der Waals surface area (Å²) in [6.07, 6.45) is -0.185. The van der Waals surface area contributed by atoms with Gasteiger partial charge in [-0.2, -0.15) is 0 Å². The van der Waals surface area contributed by atoms with Gasteiger partial charge < -0.3 is 36.8 Å². The minimum absolute atomic E-state index is 0.0965. The first kappa shape index (κ1) is 35.6. The lowest BCUT2D eigenvalue weighted by Gasteiger charge is -2.25. The molecular weight excluding hydrogens is 586 g/mol. The maximum atomic E-state index is 13.4. The number of alkyl carbamates (subject to hydrolysis) is 1. The third kappa shape index (κ3) is 9.55. The topological polar surface area (TPSA) is 172 Å². The molecule has 5 amide bonds. The van der Waals surface area contributed by atoms with Gasteiger partial charge in [-0.15, -0.1) is 0 Å². The molecule has 11 heteroatoms. The maximum Gasteiger partial charge on any atom is 0.407 e. The number of carbonyl (C=O) groups excluding carboxylic acids is 4. The van der Waals surface area contributed by atoms with E-state index in [4.69, 9.17) is 10.5 Å². The summed E-state index contributed by atoms with van der Waals surface area (Å²) in [7, 11) is 0. The maximum absolute atomic E-state index is 13.4. The van der Waals surface area contributed by atoms with E-state index in [-0.39, 0.29) is 38.0 Å². The van der Waals surface area contributed by atoms with Crippen molar-refractivity contribution in [2.45, 2.75) is 65.1 Å². The predicted molar refractivity (Wildman–Crippen MR) is 178 cm³/mol. The second-order valence-corrected chi connectivity index (χ2v) is 11.0. The Morgan fingerprint density at radius 3 is 1.98 bits per heavy atom. The highest BCUT2D eigenvalue weighted by atomic mass is 16.5. The second kappa shape index (κ2) is 17.6. The van der Waals surface area contributed by atoms with Crippen molar-refractivity contribution in [2.75, 3.05) is 18.5 Å². The van der Waals surface area contributed by atoms with E-state index < -0.39 is 36.0 Å². The number of anilines is 1.